The topological polar surface area (TPSA) is 64.3 Å². The van der Waals surface area contributed by atoms with Gasteiger partial charge in [-0.3, -0.25) is 4.79 Å². The summed E-state index contributed by atoms with van der Waals surface area (Å²) in [5, 5.41) is 3.52. The van der Waals surface area contributed by atoms with Crippen molar-refractivity contribution in [1.29, 1.82) is 0 Å². The van der Waals surface area contributed by atoms with Crippen LogP contribution in [0.1, 0.15) is 31.7 Å². The number of hydrogen-bond acceptors (Lipinski definition) is 3. The summed E-state index contributed by atoms with van der Waals surface area (Å²) in [4.78, 5) is 10.6. The molecule has 2 rings (SSSR count). The highest BCUT2D eigenvalue weighted by Crippen LogP contribution is 2.33. The fraction of sp³-hybridized carbons (Fsp3) is 0.533. The van der Waals surface area contributed by atoms with Crippen LogP contribution < -0.4 is 15.8 Å². The summed E-state index contributed by atoms with van der Waals surface area (Å²) < 4.78 is 5.21. The Morgan fingerprint density at radius 2 is 2.11 bits per heavy atom. The molecule has 3 N–H and O–H groups in total. The van der Waals surface area contributed by atoms with Gasteiger partial charge in [-0.2, -0.15) is 0 Å². The number of nitrogens with one attached hydrogen (secondary N) is 1. The second-order valence-electron chi connectivity index (χ2n) is 5.36. The molecule has 4 heteroatoms. The zero-order valence-corrected chi connectivity index (χ0v) is 11.4. The molecule has 0 aliphatic heterocycles. The van der Waals surface area contributed by atoms with Crippen LogP contribution in [0, 0.1) is 5.92 Å². The molecule has 104 valence electrons. The van der Waals surface area contributed by atoms with E-state index in [1.54, 1.807) is 0 Å². The lowest BCUT2D eigenvalue weighted by atomic mass is 10.1. The van der Waals surface area contributed by atoms with Crippen LogP contribution in [-0.4, -0.2) is 18.6 Å². The van der Waals surface area contributed by atoms with Crippen molar-refractivity contribution in [3.8, 4) is 5.75 Å². The van der Waals surface area contributed by atoms with Gasteiger partial charge in [-0.05, 0) is 37.0 Å². The summed E-state index contributed by atoms with van der Waals surface area (Å²) in [6.45, 7) is 3.03. The van der Waals surface area contributed by atoms with Gasteiger partial charge in [-0.25, -0.2) is 0 Å². The van der Waals surface area contributed by atoms with Gasteiger partial charge >= 0.3 is 0 Å². The van der Waals surface area contributed by atoms with Crippen LogP contribution in [0.15, 0.2) is 24.3 Å². The van der Waals surface area contributed by atoms with E-state index in [4.69, 9.17) is 10.5 Å². The third kappa shape index (κ3) is 5.30. The molecule has 0 radical (unpaired) electrons. The minimum absolute atomic E-state index is 0.0734. The maximum atomic E-state index is 10.6. The minimum Gasteiger partial charge on any atom is -0.484 e. The zero-order chi connectivity index (χ0) is 13.7. The van der Waals surface area contributed by atoms with Crippen LogP contribution in [0.25, 0.3) is 0 Å². The van der Waals surface area contributed by atoms with Crippen molar-refractivity contribution in [2.24, 2.45) is 11.7 Å². The average molecular weight is 262 g/mol. The molecule has 1 aromatic carbocycles. The first-order valence-corrected chi connectivity index (χ1v) is 6.87. The molecule has 1 aliphatic carbocycles. The Hall–Kier alpha value is -1.55. The van der Waals surface area contributed by atoms with Crippen LogP contribution in [0.4, 0.5) is 0 Å². The maximum absolute atomic E-state index is 10.6. The maximum Gasteiger partial charge on any atom is 0.255 e. The lowest BCUT2D eigenvalue weighted by molar-refractivity contribution is -0.119. The number of hydrogen-bond donors (Lipinski definition) is 2. The molecule has 0 spiro atoms. The fourth-order valence-corrected chi connectivity index (χ4v) is 2.09. The molecule has 1 fully saturated rings. The first-order chi connectivity index (χ1) is 9.13. The summed E-state index contributed by atoms with van der Waals surface area (Å²) in [6.07, 6.45) is 4.08. The van der Waals surface area contributed by atoms with Crippen LogP contribution >= 0.6 is 0 Å². The number of rotatable bonds is 8. The van der Waals surface area contributed by atoms with E-state index in [0.717, 1.165) is 12.5 Å². The number of ether oxygens (including phenoxy) is 1. The predicted molar refractivity (Wildman–Crippen MR) is 74.8 cm³/mol. The smallest absolute Gasteiger partial charge is 0.255 e. The van der Waals surface area contributed by atoms with Crippen molar-refractivity contribution in [1.82, 2.24) is 5.32 Å². The summed E-state index contributed by atoms with van der Waals surface area (Å²) in [5.74, 6) is 1.17. The highest BCUT2D eigenvalue weighted by Gasteiger charge is 2.23. The van der Waals surface area contributed by atoms with Crippen LogP contribution in [0.2, 0.25) is 0 Å². The normalized spacial score (nSPS) is 16.1. The molecule has 1 aliphatic rings. The quantitative estimate of drug-likeness (QED) is 0.751. The van der Waals surface area contributed by atoms with Crippen molar-refractivity contribution < 1.29 is 9.53 Å². The molecule has 0 heterocycles. The third-order valence-electron chi connectivity index (χ3n) is 3.34. The number of amides is 1. The van der Waals surface area contributed by atoms with Gasteiger partial charge in [0.1, 0.15) is 5.75 Å². The Kier molecular flexibility index (Phi) is 4.80. The number of carbonyl (C=O) groups excluding carboxylic acids is 1. The summed E-state index contributed by atoms with van der Waals surface area (Å²) in [7, 11) is 0. The van der Waals surface area contributed by atoms with E-state index in [0.29, 0.717) is 11.8 Å². The van der Waals surface area contributed by atoms with Gasteiger partial charge in [0.15, 0.2) is 6.61 Å². The predicted octanol–water partition coefficient (Wildman–Crippen LogP) is 1.83. The Labute approximate surface area is 114 Å². The first-order valence-electron chi connectivity index (χ1n) is 6.87. The van der Waals surface area contributed by atoms with E-state index in [1.807, 2.05) is 24.3 Å². The Bertz CT molecular complexity index is 413. The van der Waals surface area contributed by atoms with Gasteiger partial charge in [0.2, 0.25) is 0 Å². The lowest BCUT2D eigenvalue weighted by Crippen LogP contribution is -2.25. The molecule has 1 saturated carbocycles. The van der Waals surface area contributed by atoms with Gasteiger partial charge in [0.25, 0.3) is 5.91 Å². The number of primary amides is 1. The Morgan fingerprint density at radius 3 is 2.68 bits per heavy atom. The minimum atomic E-state index is -0.459. The zero-order valence-electron chi connectivity index (χ0n) is 11.4. The monoisotopic (exact) mass is 262 g/mol. The van der Waals surface area contributed by atoms with Gasteiger partial charge in [-0.15, -0.1) is 0 Å². The van der Waals surface area contributed by atoms with Crippen LogP contribution in [0.5, 0.6) is 5.75 Å². The first kappa shape index (κ1) is 13.9. The molecule has 4 nitrogen and oxygen atoms in total. The van der Waals surface area contributed by atoms with Crippen molar-refractivity contribution in [2.75, 3.05) is 6.61 Å². The fourth-order valence-electron chi connectivity index (χ4n) is 2.09. The van der Waals surface area contributed by atoms with E-state index in [1.165, 1.54) is 24.8 Å². The molecular weight excluding hydrogens is 240 g/mol. The standard InChI is InChI=1S/C15H22N2O2/c1-11(8-12-2-3-12)17-9-13-4-6-14(7-5-13)19-10-15(16)18/h4-7,11-12,17H,2-3,8-10H2,1H3,(H2,16,18). The summed E-state index contributed by atoms with van der Waals surface area (Å²) in [6, 6.07) is 8.32. The molecule has 0 saturated heterocycles. The second-order valence-corrected chi connectivity index (χ2v) is 5.36. The third-order valence-corrected chi connectivity index (χ3v) is 3.34. The van der Waals surface area contributed by atoms with E-state index in [-0.39, 0.29) is 6.61 Å². The van der Waals surface area contributed by atoms with Crippen molar-refractivity contribution in [3.05, 3.63) is 29.8 Å². The van der Waals surface area contributed by atoms with Gasteiger partial charge in [0.05, 0.1) is 0 Å². The number of benzene rings is 1. The summed E-state index contributed by atoms with van der Waals surface area (Å²) >= 11 is 0. The van der Waals surface area contributed by atoms with Crippen molar-refractivity contribution in [2.45, 2.75) is 38.8 Å². The Balaban J connectivity index is 1.72. The highest BCUT2D eigenvalue weighted by atomic mass is 16.5. The van der Waals surface area contributed by atoms with Gasteiger partial charge < -0.3 is 15.8 Å². The number of carbonyl (C=O) groups is 1. The molecule has 1 unspecified atom stereocenters. The molecule has 1 aromatic rings. The number of nitrogens with two attached hydrogens (primary N) is 1. The van der Waals surface area contributed by atoms with E-state index < -0.39 is 5.91 Å². The van der Waals surface area contributed by atoms with Crippen LogP contribution in [-0.2, 0) is 11.3 Å². The van der Waals surface area contributed by atoms with Gasteiger partial charge in [0, 0.05) is 12.6 Å². The molecule has 1 amide bonds. The molecule has 0 bridgehead atoms. The SMILES string of the molecule is CC(CC1CC1)NCc1ccc(OCC(N)=O)cc1. The second kappa shape index (κ2) is 6.57. The molecule has 1 atom stereocenters. The van der Waals surface area contributed by atoms with E-state index >= 15 is 0 Å². The highest BCUT2D eigenvalue weighted by molar-refractivity contribution is 5.75. The van der Waals surface area contributed by atoms with E-state index in [2.05, 4.69) is 12.2 Å². The molecule has 19 heavy (non-hydrogen) atoms. The Morgan fingerprint density at radius 1 is 1.42 bits per heavy atom. The molecular formula is C15H22N2O2. The molecule has 0 aromatic heterocycles. The van der Waals surface area contributed by atoms with Crippen molar-refractivity contribution >= 4 is 5.91 Å². The average Bonchev–Trinajstić information content (AvgIpc) is 3.19. The van der Waals surface area contributed by atoms with E-state index in [9.17, 15) is 4.79 Å². The summed E-state index contributed by atoms with van der Waals surface area (Å²) in [5.41, 5.74) is 6.24. The van der Waals surface area contributed by atoms with Crippen molar-refractivity contribution in [3.63, 3.8) is 0 Å². The lowest BCUT2D eigenvalue weighted by Gasteiger charge is -2.13. The largest absolute Gasteiger partial charge is 0.484 e. The van der Waals surface area contributed by atoms with Crippen LogP contribution in [0.3, 0.4) is 0 Å². The van der Waals surface area contributed by atoms with Gasteiger partial charge in [-0.1, -0.05) is 25.0 Å².